The smallest absolute Gasteiger partial charge is 0.108 e. The molecule has 0 unspecified atom stereocenters. The van der Waals surface area contributed by atoms with Gasteiger partial charge in [-0.25, -0.2) is 0 Å². The lowest BCUT2D eigenvalue weighted by atomic mass is 10.1. The van der Waals surface area contributed by atoms with Gasteiger partial charge in [-0.15, -0.1) is 4.91 Å². The molecule has 3 nitrogen and oxygen atoms in total. The van der Waals surface area contributed by atoms with Crippen molar-refractivity contribution in [2.75, 3.05) is 0 Å². The van der Waals surface area contributed by atoms with Crippen LogP contribution in [0.4, 0.5) is 5.69 Å². The van der Waals surface area contributed by atoms with E-state index >= 15 is 0 Å². The lowest BCUT2D eigenvalue weighted by Crippen LogP contribution is -1.88. The largest absolute Gasteiger partial charge is 0.389 e. The van der Waals surface area contributed by atoms with Crippen molar-refractivity contribution in [2.45, 2.75) is 13.0 Å². The molecule has 0 bridgehead atoms. The fraction of sp³-hybridized carbons (Fsp3) is 0.250. The summed E-state index contributed by atoms with van der Waals surface area (Å²) in [5.41, 5.74) is 1.06. The average molecular weight is 151 g/mol. The average Bonchev–Trinajstić information content (AvgIpc) is 2.05. The van der Waals surface area contributed by atoms with E-state index in [0.29, 0.717) is 11.3 Å². The number of hydrogen-bond donors (Lipinski definition) is 1. The molecule has 0 saturated heterocycles. The first-order valence-corrected chi connectivity index (χ1v) is 3.35. The standard InChI is InChI=1S/C8H9NO2/c1-6(10)7-3-2-4-8(5-7)9-11/h2-6,10H,1H3/t6-/m1/s1. The number of rotatable bonds is 2. The second-order valence-corrected chi connectivity index (χ2v) is 2.36. The molecule has 1 rings (SSSR count). The van der Waals surface area contributed by atoms with E-state index in [1.807, 2.05) is 0 Å². The first-order chi connectivity index (χ1) is 5.24. The van der Waals surface area contributed by atoms with E-state index < -0.39 is 6.10 Å². The molecular weight excluding hydrogens is 142 g/mol. The van der Waals surface area contributed by atoms with Gasteiger partial charge < -0.3 is 5.11 Å². The van der Waals surface area contributed by atoms with Crippen LogP contribution in [-0.4, -0.2) is 5.11 Å². The molecule has 0 aliphatic rings. The predicted octanol–water partition coefficient (Wildman–Crippen LogP) is 2.14. The summed E-state index contributed by atoms with van der Waals surface area (Å²) in [7, 11) is 0. The van der Waals surface area contributed by atoms with Crippen LogP contribution in [0.15, 0.2) is 29.4 Å². The fourth-order valence-corrected chi connectivity index (χ4v) is 0.841. The molecule has 1 aromatic carbocycles. The van der Waals surface area contributed by atoms with Crippen molar-refractivity contribution in [3.05, 3.63) is 34.7 Å². The highest BCUT2D eigenvalue weighted by molar-refractivity contribution is 5.40. The molecule has 0 saturated carbocycles. The second-order valence-electron chi connectivity index (χ2n) is 2.36. The number of benzene rings is 1. The van der Waals surface area contributed by atoms with E-state index in [0.717, 1.165) is 0 Å². The molecule has 0 fully saturated rings. The van der Waals surface area contributed by atoms with Crippen LogP contribution in [-0.2, 0) is 0 Å². The summed E-state index contributed by atoms with van der Waals surface area (Å²) < 4.78 is 0. The van der Waals surface area contributed by atoms with Gasteiger partial charge in [0.2, 0.25) is 0 Å². The third-order valence-electron chi connectivity index (χ3n) is 1.46. The Hall–Kier alpha value is -1.22. The lowest BCUT2D eigenvalue weighted by Gasteiger charge is -2.02. The molecule has 58 valence electrons. The molecule has 0 aliphatic carbocycles. The zero-order chi connectivity index (χ0) is 8.27. The zero-order valence-corrected chi connectivity index (χ0v) is 6.19. The van der Waals surface area contributed by atoms with E-state index in [9.17, 15) is 4.91 Å². The van der Waals surface area contributed by atoms with E-state index in [2.05, 4.69) is 5.18 Å². The van der Waals surface area contributed by atoms with Crippen LogP contribution in [0.25, 0.3) is 0 Å². The van der Waals surface area contributed by atoms with Crippen LogP contribution >= 0.6 is 0 Å². The van der Waals surface area contributed by atoms with Crippen LogP contribution < -0.4 is 0 Å². The Morgan fingerprint density at radius 3 is 2.82 bits per heavy atom. The Kier molecular flexibility index (Phi) is 2.33. The highest BCUT2D eigenvalue weighted by atomic mass is 16.3. The molecule has 11 heavy (non-hydrogen) atoms. The minimum Gasteiger partial charge on any atom is -0.389 e. The Morgan fingerprint density at radius 1 is 1.55 bits per heavy atom. The number of nitroso groups, excluding NO2 is 1. The van der Waals surface area contributed by atoms with Gasteiger partial charge in [-0.1, -0.05) is 12.1 Å². The van der Waals surface area contributed by atoms with Crippen LogP contribution in [0.3, 0.4) is 0 Å². The van der Waals surface area contributed by atoms with Crippen LogP contribution in [0.5, 0.6) is 0 Å². The van der Waals surface area contributed by atoms with Gasteiger partial charge in [0.1, 0.15) is 5.69 Å². The Morgan fingerprint density at radius 2 is 2.27 bits per heavy atom. The Bertz CT molecular complexity index is 258. The Labute approximate surface area is 64.7 Å². The molecule has 1 atom stereocenters. The first kappa shape index (κ1) is 7.88. The van der Waals surface area contributed by atoms with Gasteiger partial charge in [-0.3, -0.25) is 0 Å². The van der Waals surface area contributed by atoms with E-state index in [4.69, 9.17) is 5.11 Å². The molecule has 0 radical (unpaired) electrons. The van der Waals surface area contributed by atoms with E-state index in [-0.39, 0.29) is 0 Å². The zero-order valence-electron chi connectivity index (χ0n) is 6.19. The Balaban J connectivity index is 3.00. The summed E-state index contributed by atoms with van der Waals surface area (Å²) in [6.45, 7) is 1.64. The van der Waals surface area contributed by atoms with Crippen molar-refractivity contribution in [3.8, 4) is 0 Å². The third-order valence-corrected chi connectivity index (χ3v) is 1.46. The maximum atomic E-state index is 10.0. The number of hydrogen-bond acceptors (Lipinski definition) is 3. The third kappa shape index (κ3) is 1.85. The summed E-state index contributed by atoms with van der Waals surface area (Å²) >= 11 is 0. The summed E-state index contributed by atoms with van der Waals surface area (Å²) in [6.07, 6.45) is -0.545. The van der Waals surface area contributed by atoms with Gasteiger partial charge in [0, 0.05) is 0 Å². The molecule has 3 heteroatoms. The van der Waals surface area contributed by atoms with Gasteiger partial charge in [0.05, 0.1) is 6.10 Å². The highest BCUT2D eigenvalue weighted by Gasteiger charge is 2.00. The molecule has 0 amide bonds. The number of aliphatic hydroxyl groups is 1. The summed E-state index contributed by atoms with van der Waals surface area (Å²) in [4.78, 5) is 10.0. The second kappa shape index (κ2) is 3.25. The molecule has 0 spiro atoms. The summed E-state index contributed by atoms with van der Waals surface area (Å²) in [5, 5.41) is 11.9. The maximum Gasteiger partial charge on any atom is 0.108 e. The van der Waals surface area contributed by atoms with Crippen LogP contribution in [0.1, 0.15) is 18.6 Å². The van der Waals surface area contributed by atoms with Gasteiger partial charge in [-0.2, -0.15) is 0 Å². The van der Waals surface area contributed by atoms with Crippen molar-refractivity contribution in [1.82, 2.24) is 0 Å². The van der Waals surface area contributed by atoms with Crippen LogP contribution in [0.2, 0.25) is 0 Å². The molecule has 0 aromatic heterocycles. The molecule has 0 heterocycles. The van der Waals surface area contributed by atoms with Crippen molar-refractivity contribution >= 4 is 5.69 Å². The fourth-order valence-electron chi connectivity index (χ4n) is 0.841. The number of nitrogens with zero attached hydrogens (tertiary/aromatic N) is 1. The maximum absolute atomic E-state index is 10.0. The van der Waals surface area contributed by atoms with E-state index in [1.165, 1.54) is 0 Å². The van der Waals surface area contributed by atoms with Gasteiger partial charge >= 0.3 is 0 Å². The van der Waals surface area contributed by atoms with E-state index in [1.54, 1.807) is 31.2 Å². The SMILES string of the molecule is C[C@@H](O)c1cccc(N=O)c1. The first-order valence-electron chi connectivity index (χ1n) is 3.35. The summed E-state index contributed by atoms with van der Waals surface area (Å²) in [6, 6.07) is 6.61. The monoisotopic (exact) mass is 151 g/mol. The highest BCUT2D eigenvalue weighted by Crippen LogP contribution is 2.18. The topological polar surface area (TPSA) is 49.7 Å². The minimum absolute atomic E-state index is 0.350. The summed E-state index contributed by atoms with van der Waals surface area (Å²) in [5.74, 6) is 0. The molecule has 1 aromatic rings. The minimum atomic E-state index is -0.545. The predicted molar refractivity (Wildman–Crippen MR) is 42.5 cm³/mol. The lowest BCUT2D eigenvalue weighted by molar-refractivity contribution is 0.199. The normalized spacial score (nSPS) is 12.5. The van der Waals surface area contributed by atoms with Gasteiger partial charge in [0.15, 0.2) is 0 Å². The van der Waals surface area contributed by atoms with Gasteiger partial charge in [-0.05, 0) is 29.8 Å². The molecule has 1 N–H and O–H groups in total. The van der Waals surface area contributed by atoms with Gasteiger partial charge in [0.25, 0.3) is 0 Å². The van der Waals surface area contributed by atoms with Crippen molar-refractivity contribution in [3.63, 3.8) is 0 Å². The quantitative estimate of drug-likeness (QED) is 0.658. The molecular formula is C8H9NO2. The van der Waals surface area contributed by atoms with Crippen molar-refractivity contribution in [2.24, 2.45) is 5.18 Å². The van der Waals surface area contributed by atoms with Crippen molar-refractivity contribution < 1.29 is 5.11 Å². The van der Waals surface area contributed by atoms with Crippen molar-refractivity contribution in [1.29, 1.82) is 0 Å². The molecule has 0 aliphatic heterocycles. The number of aliphatic hydroxyl groups excluding tert-OH is 1. The van der Waals surface area contributed by atoms with Crippen LogP contribution in [0, 0.1) is 4.91 Å².